The summed E-state index contributed by atoms with van der Waals surface area (Å²) in [4.78, 5) is 0. The van der Waals surface area contributed by atoms with Crippen LogP contribution < -0.4 is 0 Å². The van der Waals surface area contributed by atoms with Crippen LogP contribution in [-0.4, -0.2) is 221 Å². The van der Waals surface area contributed by atoms with E-state index in [9.17, 15) is 71.5 Å². The Kier molecular flexibility index (Phi) is 12.8. The molecule has 21 heteroatoms. The average molecular weight is 667 g/mol. The van der Waals surface area contributed by atoms with Gasteiger partial charge in [-0.25, -0.2) is 0 Å². The van der Waals surface area contributed by atoms with Gasteiger partial charge in [0.05, 0.1) is 26.4 Å². The zero-order valence-corrected chi connectivity index (χ0v) is 23.5. The van der Waals surface area contributed by atoms with Crippen molar-refractivity contribution < 1.29 is 105 Å². The van der Waals surface area contributed by atoms with Crippen molar-refractivity contribution in [2.75, 3.05) is 26.4 Å². The van der Waals surface area contributed by atoms with Gasteiger partial charge in [-0.05, 0) is 0 Å². The summed E-state index contributed by atoms with van der Waals surface area (Å²) in [5, 5.41) is 141. The summed E-state index contributed by atoms with van der Waals surface area (Å²) in [7, 11) is 0. The van der Waals surface area contributed by atoms with Crippen LogP contribution in [0, 0.1) is 0 Å². The fraction of sp³-hybridized carbons (Fsp3) is 1.00. The van der Waals surface area contributed by atoms with Gasteiger partial charge in [0.2, 0.25) is 0 Å². The molecule has 4 fully saturated rings. The number of aliphatic hydroxyl groups excluding tert-OH is 14. The van der Waals surface area contributed by atoms with Gasteiger partial charge in [0.15, 0.2) is 25.2 Å². The maximum Gasteiger partial charge on any atom is 0.187 e. The number of hydrogen-bond acceptors (Lipinski definition) is 21. The predicted molar refractivity (Wildman–Crippen MR) is 134 cm³/mol. The van der Waals surface area contributed by atoms with Crippen LogP contribution in [0.1, 0.15) is 0 Å². The van der Waals surface area contributed by atoms with Crippen molar-refractivity contribution in [1.82, 2.24) is 0 Å². The molecule has 0 amide bonds. The first-order valence-electron chi connectivity index (χ1n) is 14.1. The molecule has 0 radical (unpaired) electrons. The third kappa shape index (κ3) is 7.75. The zero-order chi connectivity index (χ0) is 33.3. The lowest BCUT2D eigenvalue weighted by atomic mass is 9.97. The minimum absolute atomic E-state index is 0.634. The van der Waals surface area contributed by atoms with Gasteiger partial charge in [0.1, 0.15) is 97.7 Å². The molecule has 14 N–H and O–H groups in total. The van der Waals surface area contributed by atoms with Crippen LogP contribution >= 0.6 is 0 Å². The second-order valence-electron chi connectivity index (χ2n) is 11.2. The molecule has 0 spiro atoms. The Bertz CT molecular complexity index is 914. The van der Waals surface area contributed by atoms with Crippen molar-refractivity contribution in [2.45, 2.75) is 123 Å². The maximum atomic E-state index is 10.7. The molecule has 21 nitrogen and oxygen atoms in total. The van der Waals surface area contributed by atoms with Crippen LogP contribution in [0.5, 0.6) is 0 Å². The normalized spacial score (nSPS) is 52.9. The molecule has 264 valence electrons. The molecule has 1 unspecified atom stereocenters. The summed E-state index contributed by atoms with van der Waals surface area (Å²) >= 11 is 0. The van der Waals surface area contributed by atoms with E-state index in [2.05, 4.69) is 0 Å². The average Bonchev–Trinajstić information content (AvgIpc) is 3.03. The third-order valence-electron chi connectivity index (χ3n) is 8.17. The molecule has 4 rings (SSSR count). The first-order valence-corrected chi connectivity index (χ1v) is 14.1. The Morgan fingerprint density at radius 1 is 0.378 bits per heavy atom. The molecule has 4 saturated heterocycles. The van der Waals surface area contributed by atoms with Crippen LogP contribution in [0.15, 0.2) is 0 Å². The van der Waals surface area contributed by atoms with E-state index in [1.807, 2.05) is 0 Å². The molecule has 0 aromatic heterocycles. The lowest BCUT2D eigenvalue weighted by Crippen LogP contribution is -2.65. The zero-order valence-electron chi connectivity index (χ0n) is 23.5. The van der Waals surface area contributed by atoms with Crippen LogP contribution in [0.4, 0.5) is 0 Å². The first kappa shape index (κ1) is 37.0. The summed E-state index contributed by atoms with van der Waals surface area (Å²) in [6.07, 6.45) is -34.3. The highest BCUT2D eigenvalue weighted by molar-refractivity contribution is 4.95. The minimum Gasteiger partial charge on any atom is -0.394 e. The molecule has 0 saturated carbocycles. The van der Waals surface area contributed by atoms with E-state index in [0.717, 1.165) is 0 Å². The summed E-state index contributed by atoms with van der Waals surface area (Å²) < 4.78 is 37.4. The van der Waals surface area contributed by atoms with E-state index >= 15 is 0 Å². The SMILES string of the molecule is OC[C@H]1O[C@H](O[C@H]2[C@H](O)[C@@H](O)[C@@H](OC[C@H]3O[C@H](OC[C@H]4OC(O)[C@H](O)[C@@H](O)[C@@H]4O)[C@H](O)[C@@H](O)[C@@H]3O)O[C@@H]2CO)[C@H](O)[C@@H](O)[C@@H]1O. The quantitative estimate of drug-likeness (QED) is 0.103. The van der Waals surface area contributed by atoms with Crippen molar-refractivity contribution in [2.24, 2.45) is 0 Å². The molecule has 45 heavy (non-hydrogen) atoms. The fourth-order valence-corrected chi connectivity index (χ4v) is 5.33. The second-order valence-corrected chi connectivity index (χ2v) is 11.2. The van der Waals surface area contributed by atoms with Crippen LogP contribution in [0.3, 0.4) is 0 Å². The van der Waals surface area contributed by atoms with Crippen LogP contribution in [0.2, 0.25) is 0 Å². The Hall–Kier alpha value is -0.840. The topological polar surface area (TPSA) is 348 Å². The fourth-order valence-electron chi connectivity index (χ4n) is 5.33. The number of rotatable bonds is 10. The highest BCUT2D eigenvalue weighted by Gasteiger charge is 2.52. The maximum absolute atomic E-state index is 10.7. The van der Waals surface area contributed by atoms with Gasteiger partial charge >= 0.3 is 0 Å². The van der Waals surface area contributed by atoms with E-state index in [1.165, 1.54) is 0 Å². The van der Waals surface area contributed by atoms with E-state index in [0.29, 0.717) is 0 Å². The van der Waals surface area contributed by atoms with E-state index in [1.54, 1.807) is 0 Å². The smallest absolute Gasteiger partial charge is 0.187 e. The van der Waals surface area contributed by atoms with Gasteiger partial charge in [-0.1, -0.05) is 0 Å². The van der Waals surface area contributed by atoms with Crippen molar-refractivity contribution in [3.8, 4) is 0 Å². The Balaban J connectivity index is 1.35. The number of aliphatic hydroxyl groups is 14. The highest BCUT2D eigenvalue weighted by Crippen LogP contribution is 2.31. The predicted octanol–water partition coefficient (Wildman–Crippen LogP) is -9.75. The van der Waals surface area contributed by atoms with Gasteiger partial charge in [-0.3, -0.25) is 0 Å². The van der Waals surface area contributed by atoms with Crippen molar-refractivity contribution in [1.29, 1.82) is 0 Å². The van der Waals surface area contributed by atoms with Crippen LogP contribution in [0.25, 0.3) is 0 Å². The van der Waals surface area contributed by atoms with Crippen molar-refractivity contribution in [3.05, 3.63) is 0 Å². The van der Waals surface area contributed by atoms with E-state index in [4.69, 9.17) is 33.2 Å². The summed E-state index contributed by atoms with van der Waals surface area (Å²) in [5.74, 6) is 0. The molecule has 0 aromatic carbocycles. The molecule has 0 bridgehead atoms. The molecule has 4 heterocycles. The van der Waals surface area contributed by atoms with Gasteiger partial charge in [0.25, 0.3) is 0 Å². The summed E-state index contributed by atoms with van der Waals surface area (Å²) in [6.45, 7) is -2.92. The Labute approximate surface area is 254 Å². The molecular weight excluding hydrogens is 624 g/mol. The molecule has 4 aliphatic heterocycles. The van der Waals surface area contributed by atoms with Gasteiger partial charge < -0.3 is 105 Å². The monoisotopic (exact) mass is 666 g/mol. The van der Waals surface area contributed by atoms with Gasteiger partial charge in [-0.15, -0.1) is 0 Å². The molecular formula is C24H42O21. The van der Waals surface area contributed by atoms with Crippen LogP contribution in [-0.2, 0) is 33.2 Å². The van der Waals surface area contributed by atoms with E-state index in [-0.39, 0.29) is 0 Å². The molecule has 4 aliphatic rings. The third-order valence-corrected chi connectivity index (χ3v) is 8.17. The molecule has 20 atom stereocenters. The van der Waals surface area contributed by atoms with Crippen molar-refractivity contribution in [3.63, 3.8) is 0 Å². The van der Waals surface area contributed by atoms with Gasteiger partial charge in [0, 0.05) is 0 Å². The Morgan fingerprint density at radius 3 is 1.31 bits per heavy atom. The van der Waals surface area contributed by atoms with E-state index < -0.39 is 149 Å². The molecule has 0 aliphatic carbocycles. The standard InChI is InChI=1S/C24H42O21/c25-1-5-9(27)13(31)18(36)24(42-5)45-20-6(2-26)43-23(19(37)15(20)33)40-4-8-11(29)14(32)17(35)22(44-8)39-3-7-10(28)12(30)16(34)21(38)41-7/h5-38H,1-4H2/t5-,6-,7-,8-,9-,10-,11-,12+,13+,14+,15-,16-,17-,18-,19-,20-,21?,22+,23+,24-/m1/s1. The second kappa shape index (κ2) is 15.6. The first-order chi connectivity index (χ1) is 21.2. The lowest BCUT2D eigenvalue weighted by Gasteiger charge is -2.46. The van der Waals surface area contributed by atoms with Crippen molar-refractivity contribution >= 4 is 0 Å². The number of ether oxygens (including phenoxy) is 7. The molecule has 0 aromatic rings. The highest BCUT2D eigenvalue weighted by atomic mass is 16.8. The summed E-state index contributed by atoms with van der Waals surface area (Å²) in [6, 6.07) is 0. The Morgan fingerprint density at radius 2 is 0.778 bits per heavy atom. The van der Waals surface area contributed by atoms with Gasteiger partial charge in [-0.2, -0.15) is 0 Å². The number of hydrogen-bond donors (Lipinski definition) is 14. The largest absolute Gasteiger partial charge is 0.394 e. The lowest BCUT2D eigenvalue weighted by molar-refractivity contribution is -0.365. The summed E-state index contributed by atoms with van der Waals surface area (Å²) in [5.41, 5.74) is 0. The minimum atomic E-state index is -1.91.